The van der Waals surface area contributed by atoms with E-state index in [1.165, 1.54) is 44.9 Å². The van der Waals surface area contributed by atoms with Gasteiger partial charge in [0, 0.05) is 19.8 Å². The molecule has 0 amide bonds. The fourth-order valence-corrected chi connectivity index (χ4v) is 2.75. The van der Waals surface area contributed by atoms with Gasteiger partial charge in [-0.2, -0.15) is 0 Å². The van der Waals surface area contributed by atoms with Gasteiger partial charge in [0.1, 0.15) is 0 Å². The van der Waals surface area contributed by atoms with Crippen LogP contribution in [0.25, 0.3) is 0 Å². The Morgan fingerprint density at radius 3 is 2.71 bits per heavy atom. The van der Waals surface area contributed by atoms with Crippen LogP contribution in [0.1, 0.15) is 51.4 Å². The summed E-state index contributed by atoms with van der Waals surface area (Å²) in [6.45, 7) is 3.95. The van der Waals surface area contributed by atoms with Gasteiger partial charge in [-0.3, -0.25) is 0 Å². The molecule has 1 saturated carbocycles. The van der Waals surface area contributed by atoms with Crippen molar-refractivity contribution in [1.82, 2.24) is 5.32 Å². The summed E-state index contributed by atoms with van der Waals surface area (Å²) in [6.07, 6.45) is 11.3. The highest BCUT2D eigenvalue weighted by atomic mass is 16.5. The van der Waals surface area contributed by atoms with Crippen molar-refractivity contribution in [1.29, 1.82) is 0 Å². The number of ether oxygens (including phenoxy) is 2. The van der Waals surface area contributed by atoms with Gasteiger partial charge in [-0.05, 0) is 38.6 Å². The number of rotatable bonds is 7. The standard InChI is InChI=1S/C14H27NO2/c1-2-6-13(7-3-1)16-11-5-9-15-12-14-8-4-10-17-14/h13-15H,1-12H2. The lowest BCUT2D eigenvalue weighted by atomic mass is 9.98. The Morgan fingerprint density at radius 2 is 1.94 bits per heavy atom. The molecule has 2 rings (SSSR count). The summed E-state index contributed by atoms with van der Waals surface area (Å²) in [5.74, 6) is 0. The second kappa shape index (κ2) is 8.06. The van der Waals surface area contributed by atoms with Gasteiger partial charge >= 0.3 is 0 Å². The molecule has 0 radical (unpaired) electrons. The smallest absolute Gasteiger partial charge is 0.0700 e. The van der Waals surface area contributed by atoms with Crippen molar-refractivity contribution in [2.24, 2.45) is 0 Å². The van der Waals surface area contributed by atoms with E-state index in [1.54, 1.807) is 0 Å². The maximum absolute atomic E-state index is 5.88. The molecule has 1 saturated heterocycles. The van der Waals surface area contributed by atoms with Crippen molar-refractivity contribution in [2.45, 2.75) is 63.6 Å². The van der Waals surface area contributed by atoms with Crippen molar-refractivity contribution in [3.8, 4) is 0 Å². The Balaban J connectivity index is 1.38. The number of hydrogen-bond acceptors (Lipinski definition) is 3. The first kappa shape index (κ1) is 13.3. The Hall–Kier alpha value is -0.120. The SMILES string of the molecule is C1CCC(OCCCNCC2CCCO2)CC1. The van der Waals surface area contributed by atoms with Crippen molar-refractivity contribution in [3.63, 3.8) is 0 Å². The molecule has 0 aromatic heterocycles. The van der Waals surface area contributed by atoms with Gasteiger partial charge in [0.05, 0.1) is 12.2 Å². The van der Waals surface area contributed by atoms with Gasteiger partial charge in [0.15, 0.2) is 0 Å². The van der Waals surface area contributed by atoms with Crippen LogP contribution in [0.4, 0.5) is 0 Å². The predicted molar refractivity (Wildman–Crippen MR) is 69.3 cm³/mol. The molecule has 2 fully saturated rings. The minimum atomic E-state index is 0.467. The van der Waals surface area contributed by atoms with Crippen molar-refractivity contribution >= 4 is 0 Å². The molecule has 1 heterocycles. The van der Waals surface area contributed by atoms with Crippen LogP contribution in [-0.4, -0.2) is 38.5 Å². The van der Waals surface area contributed by atoms with Gasteiger partial charge in [-0.25, -0.2) is 0 Å². The third-order valence-electron chi connectivity index (χ3n) is 3.80. The quantitative estimate of drug-likeness (QED) is 0.695. The van der Waals surface area contributed by atoms with Crippen molar-refractivity contribution < 1.29 is 9.47 Å². The fourth-order valence-electron chi connectivity index (χ4n) is 2.75. The average molecular weight is 241 g/mol. The summed E-state index contributed by atoms with van der Waals surface area (Å²) in [5.41, 5.74) is 0. The monoisotopic (exact) mass is 241 g/mol. The lowest BCUT2D eigenvalue weighted by molar-refractivity contribution is 0.0268. The molecular weight excluding hydrogens is 214 g/mol. The van der Waals surface area contributed by atoms with Crippen LogP contribution in [0.15, 0.2) is 0 Å². The molecule has 0 aromatic carbocycles. The van der Waals surface area contributed by atoms with Gasteiger partial charge in [-0.1, -0.05) is 19.3 Å². The zero-order valence-corrected chi connectivity index (χ0v) is 11.0. The summed E-state index contributed by atoms with van der Waals surface area (Å²) < 4.78 is 11.4. The first-order chi connectivity index (χ1) is 8.45. The molecule has 1 N–H and O–H groups in total. The van der Waals surface area contributed by atoms with E-state index in [9.17, 15) is 0 Å². The summed E-state index contributed by atoms with van der Waals surface area (Å²) in [5, 5.41) is 3.46. The molecule has 0 bridgehead atoms. The maximum atomic E-state index is 5.88. The minimum Gasteiger partial charge on any atom is -0.378 e. The van der Waals surface area contributed by atoms with Crippen LogP contribution in [0, 0.1) is 0 Å². The van der Waals surface area contributed by atoms with E-state index >= 15 is 0 Å². The summed E-state index contributed by atoms with van der Waals surface area (Å²) in [4.78, 5) is 0. The zero-order valence-electron chi connectivity index (χ0n) is 11.0. The average Bonchev–Trinajstić information content (AvgIpc) is 2.88. The van der Waals surface area contributed by atoms with Crippen molar-refractivity contribution in [2.75, 3.05) is 26.3 Å². The van der Waals surface area contributed by atoms with Crippen LogP contribution < -0.4 is 5.32 Å². The third-order valence-corrected chi connectivity index (χ3v) is 3.80. The molecule has 1 unspecified atom stereocenters. The van der Waals surface area contributed by atoms with E-state index in [0.29, 0.717) is 12.2 Å². The lowest BCUT2D eigenvalue weighted by Crippen LogP contribution is -2.28. The molecule has 0 aromatic rings. The largest absolute Gasteiger partial charge is 0.378 e. The van der Waals surface area contributed by atoms with Crippen LogP contribution >= 0.6 is 0 Å². The minimum absolute atomic E-state index is 0.467. The Labute approximate surface area is 105 Å². The highest BCUT2D eigenvalue weighted by Crippen LogP contribution is 2.20. The molecule has 1 aliphatic carbocycles. The number of nitrogens with one attached hydrogen (secondary N) is 1. The highest BCUT2D eigenvalue weighted by molar-refractivity contribution is 4.68. The van der Waals surface area contributed by atoms with Gasteiger partial charge < -0.3 is 14.8 Å². The van der Waals surface area contributed by atoms with Crippen LogP contribution in [0.5, 0.6) is 0 Å². The second-order valence-electron chi connectivity index (χ2n) is 5.32. The Morgan fingerprint density at radius 1 is 1.06 bits per heavy atom. The summed E-state index contributed by atoms with van der Waals surface area (Å²) >= 11 is 0. The molecule has 1 aliphatic heterocycles. The Bertz CT molecular complexity index is 187. The van der Waals surface area contributed by atoms with Crippen LogP contribution in [0.3, 0.4) is 0 Å². The number of hydrogen-bond donors (Lipinski definition) is 1. The summed E-state index contributed by atoms with van der Waals surface area (Å²) in [6, 6.07) is 0. The van der Waals surface area contributed by atoms with E-state index in [1.807, 2.05) is 0 Å². The van der Waals surface area contributed by atoms with Crippen LogP contribution in [0.2, 0.25) is 0 Å². The topological polar surface area (TPSA) is 30.5 Å². The van der Waals surface area contributed by atoms with E-state index in [0.717, 1.165) is 32.7 Å². The van der Waals surface area contributed by atoms with E-state index in [2.05, 4.69) is 5.32 Å². The first-order valence-corrected chi connectivity index (χ1v) is 7.39. The normalized spacial score (nSPS) is 26.5. The van der Waals surface area contributed by atoms with Crippen LogP contribution in [-0.2, 0) is 9.47 Å². The van der Waals surface area contributed by atoms with Gasteiger partial charge in [-0.15, -0.1) is 0 Å². The third kappa shape index (κ3) is 5.36. The molecule has 100 valence electrons. The summed E-state index contributed by atoms with van der Waals surface area (Å²) in [7, 11) is 0. The molecule has 3 heteroatoms. The second-order valence-corrected chi connectivity index (χ2v) is 5.32. The molecule has 3 nitrogen and oxygen atoms in total. The van der Waals surface area contributed by atoms with Gasteiger partial charge in [0.2, 0.25) is 0 Å². The molecule has 0 spiro atoms. The molecule has 2 aliphatic rings. The van der Waals surface area contributed by atoms with E-state index < -0.39 is 0 Å². The molecular formula is C14H27NO2. The van der Waals surface area contributed by atoms with E-state index in [4.69, 9.17) is 9.47 Å². The first-order valence-electron chi connectivity index (χ1n) is 7.39. The Kier molecular flexibility index (Phi) is 6.32. The van der Waals surface area contributed by atoms with Gasteiger partial charge in [0.25, 0.3) is 0 Å². The lowest BCUT2D eigenvalue weighted by Gasteiger charge is -2.22. The molecule has 1 atom stereocenters. The predicted octanol–water partition coefficient (Wildman–Crippen LogP) is 2.49. The zero-order chi connectivity index (χ0) is 11.8. The highest BCUT2D eigenvalue weighted by Gasteiger charge is 2.15. The fraction of sp³-hybridized carbons (Fsp3) is 1.00. The van der Waals surface area contributed by atoms with Crippen molar-refractivity contribution in [3.05, 3.63) is 0 Å². The molecule has 17 heavy (non-hydrogen) atoms. The maximum Gasteiger partial charge on any atom is 0.0700 e. The van der Waals surface area contributed by atoms with E-state index in [-0.39, 0.29) is 0 Å².